The number of hydrogen-bond acceptors (Lipinski definition) is 3. The zero-order valence-electron chi connectivity index (χ0n) is 10.4. The van der Waals surface area contributed by atoms with E-state index in [1.54, 1.807) is 24.3 Å². The highest BCUT2D eigenvalue weighted by Crippen LogP contribution is 2.11. The van der Waals surface area contributed by atoms with Crippen molar-refractivity contribution in [3.05, 3.63) is 35.9 Å². The van der Waals surface area contributed by atoms with Crippen LogP contribution in [0, 0.1) is 0 Å². The topological polar surface area (TPSA) is 104 Å². The third-order valence-corrected chi connectivity index (χ3v) is 2.23. The predicted molar refractivity (Wildman–Crippen MR) is 73.8 cm³/mol. The number of carbonyl (C=O) groups is 2. The van der Waals surface area contributed by atoms with Crippen molar-refractivity contribution >= 4 is 23.8 Å². The number of hydrogen-bond donors (Lipinski definition) is 4. The van der Waals surface area contributed by atoms with Crippen molar-refractivity contribution < 1.29 is 14.7 Å². The van der Waals surface area contributed by atoms with Gasteiger partial charge in [0.15, 0.2) is 0 Å². The maximum atomic E-state index is 11.5. The molecule has 0 atom stereocenters. The van der Waals surface area contributed by atoms with Crippen LogP contribution in [0.3, 0.4) is 0 Å². The monoisotopic (exact) mass is 263 g/mol. The predicted octanol–water partition coefficient (Wildman–Crippen LogP) is 1.25. The minimum Gasteiger partial charge on any atom is -0.478 e. The van der Waals surface area contributed by atoms with E-state index in [-0.39, 0.29) is 6.03 Å². The molecule has 0 aliphatic heterocycles. The van der Waals surface area contributed by atoms with Gasteiger partial charge in [0.05, 0.1) is 0 Å². The number of nitrogens with two attached hydrogens (primary N) is 1. The molecule has 6 heteroatoms. The number of benzene rings is 1. The molecular formula is C13H17N3O3. The Balaban J connectivity index is 2.56. The number of nitrogens with one attached hydrogen (secondary N) is 2. The molecule has 0 radical (unpaired) electrons. The molecule has 0 aliphatic rings. The second-order valence-corrected chi connectivity index (χ2v) is 3.82. The summed E-state index contributed by atoms with van der Waals surface area (Å²) in [7, 11) is 0. The van der Waals surface area contributed by atoms with Crippen LogP contribution in [0.25, 0.3) is 6.08 Å². The lowest BCUT2D eigenvalue weighted by Crippen LogP contribution is -2.30. The lowest BCUT2D eigenvalue weighted by molar-refractivity contribution is -0.131. The van der Waals surface area contributed by atoms with Crippen molar-refractivity contribution in [3.63, 3.8) is 0 Å². The van der Waals surface area contributed by atoms with Crippen LogP contribution in [-0.4, -0.2) is 30.2 Å². The highest BCUT2D eigenvalue weighted by Gasteiger charge is 2.00. The summed E-state index contributed by atoms with van der Waals surface area (Å²) in [5, 5.41) is 13.8. The normalized spacial score (nSPS) is 10.4. The lowest BCUT2D eigenvalue weighted by Gasteiger charge is -2.07. The van der Waals surface area contributed by atoms with Crippen molar-refractivity contribution in [3.8, 4) is 0 Å². The molecule has 0 unspecified atom stereocenters. The first kappa shape index (κ1) is 14.7. The second-order valence-electron chi connectivity index (χ2n) is 3.82. The Morgan fingerprint density at radius 2 is 2.16 bits per heavy atom. The van der Waals surface area contributed by atoms with Gasteiger partial charge in [-0.05, 0) is 36.7 Å². The van der Waals surface area contributed by atoms with Gasteiger partial charge in [-0.3, -0.25) is 0 Å². The van der Waals surface area contributed by atoms with Crippen LogP contribution in [0.1, 0.15) is 12.0 Å². The van der Waals surface area contributed by atoms with E-state index < -0.39 is 5.97 Å². The SMILES string of the molecule is NCCCNC(=O)Nc1cccc(/C=C/C(=O)O)c1. The number of urea groups is 1. The van der Waals surface area contributed by atoms with Crippen LogP contribution in [0.2, 0.25) is 0 Å². The molecule has 1 aromatic rings. The number of carbonyl (C=O) groups excluding carboxylic acids is 1. The number of carboxylic acids is 1. The summed E-state index contributed by atoms with van der Waals surface area (Å²) >= 11 is 0. The van der Waals surface area contributed by atoms with Crippen LogP contribution in [0.15, 0.2) is 30.3 Å². The standard InChI is InChI=1S/C13H17N3O3/c14-7-2-8-15-13(19)16-11-4-1-3-10(9-11)5-6-12(17)18/h1,3-6,9H,2,7-8,14H2,(H,17,18)(H2,15,16,19)/b6-5+. The molecule has 6 nitrogen and oxygen atoms in total. The molecule has 19 heavy (non-hydrogen) atoms. The van der Waals surface area contributed by atoms with Crippen molar-refractivity contribution in [2.24, 2.45) is 5.73 Å². The highest BCUT2D eigenvalue weighted by molar-refractivity contribution is 5.90. The van der Waals surface area contributed by atoms with Crippen LogP contribution in [0.4, 0.5) is 10.5 Å². The maximum absolute atomic E-state index is 11.5. The van der Waals surface area contributed by atoms with E-state index in [1.165, 1.54) is 6.08 Å². The minimum atomic E-state index is -1.02. The van der Waals surface area contributed by atoms with Crippen molar-refractivity contribution in [1.82, 2.24) is 5.32 Å². The zero-order chi connectivity index (χ0) is 14.1. The van der Waals surface area contributed by atoms with Gasteiger partial charge in [-0.25, -0.2) is 9.59 Å². The molecule has 5 N–H and O–H groups in total. The molecule has 102 valence electrons. The number of carboxylic acid groups (broad SMARTS) is 1. The Bertz CT molecular complexity index is 472. The Hall–Kier alpha value is -2.34. The fraction of sp³-hybridized carbons (Fsp3) is 0.231. The van der Waals surface area contributed by atoms with E-state index in [0.717, 1.165) is 12.5 Å². The third-order valence-electron chi connectivity index (χ3n) is 2.23. The Morgan fingerprint density at radius 1 is 1.37 bits per heavy atom. The Labute approximate surface area is 111 Å². The van der Waals surface area contributed by atoms with E-state index in [0.29, 0.717) is 24.3 Å². The molecule has 0 spiro atoms. The molecule has 0 aliphatic carbocycles. The molecule has 1 aromatic carbocycles. The maximum Gasteiger partial charge on any atom is 0.328 e. The average Bonchev–Trinajstić information content (AvgIpc) is 2.37. The van der Waals surface area contributed by atoms with Crippen molar-refractivity contribution in [2.75, 3.05) is 18.4 Å². The molecule has 0 heterocycles. The van der Waals surface area contributed by atoms with Gasteiger partial charge in [0, 0.05) is 18.3 Å². The summed E-state index contributed by atoms with van der Waals surface area (Å²) in [4.78, 5) is 21.9. The zero-order valence-corrected chi connectivity index (χ0v) is 10.4. The number of anilines is 1. The van der Waals surface area contributed by atoms with E-state index in [9.17, 15) is 9.59 Å². The average molecular weight is 263 g/mol. The minimum absolute atomic E-state index is 0.312. The Morgan fingerprint density at radius 3 is 2.84 bits per heavy atom. The van der Waals surface area contributed by atoms with Gasteiger partial charge in [0.1, 0.15) is 0 Å². The van der Waals surface area contributed by atoms with E-state index in [1.807, 2.05) is 0 Å². The smallest absolute Gasteiger partial charge is 0.328 e. The Kier molecular flexibility index (Phi) is 6.11. The molecule has 2 amide bonds. The molecular weight excluding hydrogens is 246 g/mol. The van der Waals surface area contributed by atoms with E-state index in [4.69, 9.17) is 10.8 Å². The largest absolute Gasteiger partial charge is 0.478 e. The van der Waals surface area contributed by atoms with E-state index >= 15 is 0 Å². The first-order valence-corrected chi connectivity index (χ1v) is 5.88. The van der Waals surface area contributed by atoms with Gasteiger partial charge < -0.3 is 21.5 Å². The van der Waals surface area contributed by atoms with Gasteiger partial charge in [0.2, 0.25) is 0 Å². The van der Waals surface area contributed by atoms with Crippen molar-refractivity contribution in [2.45, 2.75) is 6.42 Å². The van der Waals surface area contributed by atoms with Gasteiger partial charge in [-0.15, -0.1) is 0 Å². The lowest BCUT2D eigenvalue weighted by atomic mass is 10.2. The number of amides is 2. The van der Waals surface area contributed by atoms with Crippen LogP contribution >= 0.6 is 0 Å². The molecule has 0 bridgehead atoms. The fourth-order valence-electron chi connectivity index (χ4n) is 1.37. The molecule has 0 saturated carbocycles. The molecule has 0 fully saturated rings. The van der Waals surface area contributed by atoms with Crippen LogP contribution in [-0.2, 0) is 4.79 Å². The molecule has 0 aromatic heterocycles. The summed E-state index contributed by atoms with van der Waals surface area (Å²) < 4.78 is 0. The van der Waals surface area contributed by atoms with Gasteiger partial charge in [-0.1, -0.05) is 12.1 Å². The second kappa shape index (κ2) is 7.88. The van der Waals surface area contributed by atoms with Crippen LogP contribution in [0.5, 0.6) is 0 Å². The molecule has 0 saturated heterocycles. The number of aliphatic carboxylic acids is 1. The summed E-state index contributed by atoms with van der Waals surface area (Å²) in [6, 6.07) is 6.57. The van der Waals surface area contributed by atoms with Gasteiger partial charge >= 0.3 is 12.0 Å². The fourth-order valence-corrected chi connectivity index (χ4v) is 1.37. The quantitative estimate of drug-likeness (QED) is 0.458. The van der Waals surface area contributed by atoms with E-state index in [2.05, 4.69) is 10.6 Å². The first-order chi connectivity index (χ1) is 9.11. The van der Waals surface area contributed by atoms with Crippen molar-refractivity contribution in [1.29, 1.82) is 0 Å². The summed E-state index contributed by atoms with van der Waals surface area (Å²) in [5.41, 5.74) is 6.61. The van der Waals surface area contributed by atoms with Gasteiger partial charge in [0.25, 0.3) is 0 Å². The summed E-state index contributed by atoms with van der Waals surface area (Å²) in [6.07, 6.45) is 3.22. The number of rotatable bonds is 6. The van der Waals surface area contributed by atoms with Crippen LogP contribution < -0.4 is 16.4 Å². The first-order valence-electron chi connectivity index (χ1n) is 5.88. The third kappa shape index (κ3) is 6.23. The summed E-state index contributed by atoms with van der Waals surface area (Å²) in [5.74, 6) is -1.02. The molecule has 1 rings (SSSR count). The summed E-state index contributed by atoms with van der Waals surface area (Å²) in [6.45, 7) is 1.04. The van der Waals surface area contributed by atoms with Gasteiger partial charge in [-0.2, -0.15) is 0 Å². The highest BCUT2D eigenvalue weighted by atomic mass is 16.4.